The number of methoxy groups -OCH3 is 2. The molecule has 3 heterocycles. The quantitative estimate of drug-likeness (QED) is 0.546. The van der Waals surface area contributed by atoms with Crippen LogP contribution in [-0.4, -0.2) is 24.0 Å². The molecule has 132 valence electrons. The van der Waals surface area contributed by atoms with Crippen LogP contribution in [0.1, 0.15) is 0 Å². The Hall–Kier alpha value is -3.06. The van der Waals surface area contributed by atoms with E-state index in [4.69, 9.17) is 13.9 Å². The third-order valence-corrected chi connectivity index (χ3v) is 5.10. The molecular formula is C19H16N2O4S. The van der Waals surface area contributed by atoms with Gasteiger partial charge in [-0.15, -0.1) is 11.3 Å². The van der Waals surface area contributed by atoms with Crippen molar-refractivity contribution >= 4 is 22.3 Å². The van der Waals surface area contributed by atoms with Gasteiger partial charge < -0.3 is 13.9 Å². The highest BCUT2D eigenvalue weighted by molar-refractivity contribution is 7.13. The van der Waals surface area contributed by atoms with Crippen LogP contribution in [0.3, 0.4) is 0 Å². The lowest BCUT2D eigenvalue weighted by Gasteiger charge is -2.14. The van der Waals surface area contributed by atoms with Crippen LogP contribution in [0.15, 0.2) is 51.1 Å². The maximum atomic E-state index is 12.9. The Balaban J connectivity index is 2.17. The lowest BCUT2D eigenvalue weighted by molar-refractivity contribution is 0.397. The monoisotopic (exact) mass is 368 g/mol. The molecule has 0 atom stereocenters. The molecule has 3 aromatic heterocycles. The Morgan fingerprint density at radius 2 is 1.96 bits per heavy atom. The molecule has 4 aromatic rings. The third kappa shape index (κ3) is 2.48. The number of thiophene rings is 1. The van der Waals surface area contributed by atoms with Gasteiger partial charge >= 0.3 is 0 Å². The Morgan fingerprint density at radius 1 is 1.15 bits per heavy atom. The summed E-state index contributed by atoms with van der Waals surface area (Å²) < 4.78 is 18.9. The second kappa shape index (κ2) is 6.34. The molecule has 0 N–H and O–H groups in total. The normalized spacial score (nSPS) is 11.0. The summed E-state index contributed by atoms with van der Waals surface area (Å²) in [5.74, 6) is 1.47. The van der Waals surface area contributed by atoms with Gasteiger partial charge in [0, 0.05) is 25.4 Å². The Labute approximate surface area is 153 Å². The zero-order valence-electron chi connectivity index (χ0n) is 14.5. The molecule has 6 nitrogen and oxygen atoms in total. The van der Waals surface area contributed by atoms with E-state index >= 15 is 0 Å². The largest absolute Gasteiger partial charge is 0.496 e. The van der Waals surface area contributed by atoms with Crippen molar-refractivity contribution in [1.29, 1.82) is 0 Å². The highest BCUT2D eigenvalue weighted by atomic mass is 32.1. The van der Waals surface area contributed by atoms with E-state index in [-0.39, 0.29) is 5.43 Å². The van der Waals surface area contributed by atoms with Gasteiger partial charge in [-0.05, 0) is 17.5 Å². The highest BCUT2D eigenvalue weighted by Crippen LogP contribution is 2.42. The number of hydrogen-bond donors (Lipinski definition) is 0. The van der Waals surface area contributed by atoms with E-state index in [0.717, 1.165) is 10.6 Å². The number of nitrogens with zero attached hydrogens (tertiary/aromatic N) is 2. The predicted octanol–water partition coefficient (Wildman–Crippen LogP) is 3.94. The molecule has 0 unspecified atom stereocenters. The molecule has 0 spiro atoms. The van der Waals surface area contributed by atoms with Crippen molar-refractivity contribution in [3.8, 4) is 33.4 Å². The zero-order valence-corrected chi connectivity index (χ0v) is 15.3. The number of rotatable bonds is 4. The number of ether oxygens (including phenoxy) is 2. The topological polar surface area (TPSA) is 66.5 Å². The van der Waals surface area contributed by atoms with Gasteiger partial charge in [0.25, 0.3) is 0 Å². The fourth-order valence-electron chi connectivity index (χ4n) is 3.00. The van der Waals surface area contributed by atoms with E-state index < -0.39 is 0 Å². The first kappa shape index (κ1) is 16.4. The molecule has 0 aliphatic heterocycles. The Kier molecular flexibility index (Phi) is 4.00. The van der Waals surface area contributed by atoms with Crippen molar-refractivity contribution in [2.24, 2.45) is 7.05 Å². The average molecular weight is 368 g/mol. The molecule has 0 saturated heterocycles. The van der Waals surface area contributed by atoms with Crippen LogP contribution in [0, 0.1) is 0 Å². The maximum absolute atomic E-state index is 12.9. The van der Waals surface area contributed by atoms with Crippen molar-refractivity contribution in [1.82, 2.24) is 9.78 Å². The van der Waals surface area contributed by atoms with Crippen LogP contribution in [0.4, 0.5) is 0 Å². The van der Waals surface area contributed by atoms with E-state index in [1.807, 2.05) is 30.6 Å². The second-order valence-electron chi connectivity index (χ2n) is 5.65. The average Bonchev–Trinajstić information content (AvgIpc) is 3.32. The number of benzene rings is 1. The van der Waals surface area contributed by atoms with Crippen LogP contribution < -0.4 is 14.9 Å². The summed E-state index contributed by atoms with van der Waals surface area (Å²) in [6, 6.07) is 8.87. The minimum Gasteiger partial charge on any atom is -0.496 e. The van der Waals surface area contributed by atoms with Crippen LogP contribution in [-0.2, 0) is 7.05 Å². The van der Waals surface area contributed by atoms with Crippen LogP contribution in [0.5, 0.6) is 11.5 Å². The predicted molar refractivity (Wildman–Crippen MR) is 101 cm³/mol. The minimum absolute atomic E-state index is 0.169. The van der Waals surface area contributed by atoms with Crippen molar-refractivity contribution < 1.29 is 13.9 Å². The van der Waals surface area contributed by atoms with Crippen LogP contribution >= 0.6 is 11.3 Å². The molecule has 0 amide bonds. The number of fused-ring (bicyclic) bond motifs is 1. The van der Waals surface area contributed by atoms with Gasteiger partial charge in [-0.3, -0.25) is 9.48 Å². The van der Waals surface area contributed by atoms with Crippen molar-refractivity contribution in [2.45, 2.75) is 0 Å². The summed E-state index contributed by atoms with van der Waals surface area (Å²) in [6.45, 7) is 0. The molecule has 0 bridgehead atoms. The van der Waals surface area contributed by atoms with Crippen molar-refractivity contribution in [2.75, 3.05) is 14.2 Å². The number of hydrogen-bond acceptors (Lipinski definition) is 6. The first-order valence-corrected chi connectivity index (χ1v) is 8.77. The zero-order chi connectivity index (χ0) is 18.3. The van der Waals surface area contributed by atoms with E-state index in [9.17, 15) is 4.79 Å². The first-order valence-electron chi connectivity index (χ1n) is 7.89. The molecule has 0 aliphatic carbocycles. The van der Waals surface area contributed by atoms with E-state index in [0.29, 0.717) is 33.8 Å². The second-order valence-corrected chi connectivity index (χ2v) is 6.60. The molecule has 0 aliphatic rings. The smallest absolute Gasteiger partial charge is 0.197 e. The summed E-state index contributed by atoms with van der Waals surface area (Å²) >= 11 is 1.51. The molecule has 7 heteroatoms. The SMILES string of the molecule is COc1cc(OC)c2c(=O)cc(-c3cccs3)oc2c1-c1ccnn1C. The van der Waals surface area contributed by atoms with Gasteiger partial charge in [0.05, 0.1) is 30.4 Å². The molecular weight excluding hydrogens is 352 g/mol. The first-order chi connectivity index (χ1) is 12.6. The summed E-state index contributed by atoms with van der Waals surface area (Å²) in [6.07, 6.45) is 1.69. The fraction of sp³-hybridized carbons (Fsp3) is 0.158. The number of aromatic nitrogens is 2. The van der Waals surface area contributed by atoms with Crippen molar-refractivity contribution in [3.05, 3.63) is 52.1 Å². The van der Waals surface area contributed by atoms with Gasteiger partial charge in [0.2, 0.25) is 0 Å². The van der Waals surface area contributed by atoms with Crippen LogP contribution in [0.2, 0.25) is 0 Å². The van der Waals surface area contributed by atoms with Gasteiger partial charge in [0.1, 0.15) is 22.6 Å². The van der Waals surface area contributed by atoms with Gasteiger partial charge in [-0.2, -0.15) is 5.10 Å². The highest BCUT2D eigenvalue weighted by Gasteiger charge is 2.22. The van der Waals surface area contributed by atoms with E-state index in [2.05, 4.69) is 5.10 Å². The standard InChI is InChI=1S/C19H16N2O4S/c1-21-11(6-7-20-21)17-14(23-2)10-15(24-3)18-12(22)9-13(25-19(17)18)16-5-4-8-26-16/h4-10H,1-3H3. The lowest BCUT2D eigenvalue weighted by Crippen LogP contribution is -2.06. The summed E-state index contributed by atoms with van der Waals surface area (Å²) in [5.41, 5.74) is 1.69. The third-order valence-electron chi connectivity index (χ3n) is 4.21. The Bertz CT molecular complexity index is 1140. The number of aryl methyl sites for hydroxylation is 1. The van der Waals surface area contributed by atoms with E-state index in [1.54, 1.807) is 24.1 Å². The minimum atomic E-state index is -0.169. The molecule has 4 rings (SSSR count). The fourth-order valence-corrected chi connectivity index (χ4v) is 3.68. The van der Waals surface area contributed by atoms with E-state index in [1.165, 1.54) is 24.5 Å². The van der Waals surface area contributed by atoms with Crippen LogP contribution in [0.25, 0.3) is 32.9 Å². The lowest BCUT2D eigenvalue weighted by atomic mass is 10.0. The maximum Gasteiger partial charge on any atom is 0.197 e. The molecule has 26 heavy (non-hydrogen) atoms. The Morgan fingerprint density at radius 3 is 2.58 bits per heavy atom. The van der Waals surface area contributed by atoms with Gasteiger partial charge in [0.15, 0.2) is 11.0 Å². The summed E-state index contributed by atoms with van der Waals surface area (Å²) in [4.78, 5) is 13.8. The summed E-state index contributed by atoms with van der Waals surface area (Å²) in [7, 11) is 4.92. The van der Waals surface area contributed by atoms with Crippen molar-refractivity contribution in [3.63, 3.8) is 0 Å². The summed E-state index contributed by atoms with van der Waals surface area (Å²) in [5, 5.41) is 6.54. The van der Waals surface area contributed by atoms with Gasteiger partial charge in [-0.1, -0.05) is 6.07 Å². The molecule has 1 aromatic carbocycles. The molecule has 0 radical (unpaired) electrons. The van der Waals surface area contributed by atoms with Gasteiger partial charge in [-0.25, -0.2) is 0 Å². The molecule has 0 saturated carbocycles. The molecule has 0 fully saturated rings.